The maximum absolute atomic E-state index is 14.4. The van der Waals surface area contributed by atoms with Crippen LogP contribution < -0.4 is 5.32 Å². The predicted octanol–water partition coefficient (Wildman–Crippen LogP) is 3.58. The molecule has 126 valence electrons. The monoisotopic (exact) mass is 329 g/mol. The van der Waals surface area contributed by atoms with Gasteiger partial charge in [-0.2, -0.15) is 0 Å². The number of hydrogen-bond acceptors (Lipinski definition) is 2. The molecule has 0 saturated heterocycles. The highest BCUT2D eigenvalue weighted by Gasteiger charge is 2.23. The average Bonchev–Trinajstić information content (AvgIpc) is 2.59. The Labute approximate surface area is 140 Å². The van der Waals surface area contributed by atoms with Gasteiger partial charge in [0.05, 0.1) is 5.92 Å². The average molecular weight is 329 g/mol. The largest absolute Gasteiger partial charge is 0.480 e. The van der Waals surface area contributed by atoms with Gasteiger partial charge >= 0.3 is 5.97 Å². The van der Waals surface area contributed by atoms with Crippen molar-refractivity contribution >= 4 is 11.9 Å². The van der Waals surface area contributed by atoms with Crippen LogP contribution in [0.4, 0.5) is 4.39 Å². The molecule has 2 aromatic rings. The van der Waals surface area contributed by atoms with Gasteiger partial charge in [0.2, 0.25) is 5.91 Å². The first-order chi connectivity index (χ1) is 11.4. The fourth-order valence-corrected chi connectivity index (χ4v) is 2.44. The van der Waals surface area contributed by atoms with Gasteiger partial charge < -0.3 is 10.4 Å². The van der Waals surface area contributed by atoms with Gasteiger partial charge in [-0.05, 0) is 30.5 Å². The number of amides is 1. The Morgan fingerprint density at radius 2 is 1.83 bits per heavy atom. The topological polar surface area (TPSA) is 66.4 Å². The van der Waals surface area contributed by atoms with Crippen molar-refractivity contribution in [2.24, 2.45) is 0 Å². The van der Waals surface area contributed by atoms with E-state index in [1.807, 2.05) is 30.3 Å². The minimum absolute atomic E-state index is 0.287. The summed E-state index contributed by atoms with van der Waals surface area (Å²) in [7, 11) is 0. The van der Waals surface area contributed by atoms with E-state index in [-0.39, 0.29) is 6.42 Å². The quantitative estimate of drug-likeness (QED) is 0.851. The maximum atomic E-state index is 14.4. The summed E-state index contributed by atoms with van der Waals surface area (Å²) in [6.07, 6.45) is 0.287. The van der Waals surface area contributed by atoms with E-state index in [4.69, 9.17) is 5.11 Å². The molecule has 2 atom stereocenters. The third-order valence-electron chi connectivity index (χ3n) is 3.99. The van der Waals surface area contributed by atoms with E-state index in [1.165, 1.54) is 6.07 Å². The van der Waals surface area contributed by atoms with Gasteiger partial charge in [0, 0.05) is 5.56 Å². The van der Waals surface area contributed by atoms with Crippen molar-refractivity contribution < 1.29 is 19.1 Å². The highest BCUT2D eigenvalue weighted by molar-refractivity contribution is 5.88. The van der Waals surface area contributed by atoms with Gasteiger partial charge in [-0.1, -0.05) is 49.4 Å². The van der Waals surface area contributed by atoms with E-state index in [2.05, 4.69) is 5.32 Å². The molecule has 0 fully saturated rings. The lowest BCUT2D eigenvalue weighted by Gasteiger charge is -2.17. The minimum atomic E-state index is -1.08. The van der Waals surface area contributed by atoms with Crippen molar-refractivity contribution in [1.29, 1.82) is 0 Å². The first-order valence-corrected chi connectivity index (χ1v) is 7.82. The SMILES string of the molecule is CC[C@@H](NC(=O)[C@H](C)c1ccc(-c2ccccc2)c(F)c1)C(=O)O. The van der Waals surface area contributed by atoms with Crippen molar-refractivity contribution in [3.05, 3.63) is 59.9 Å². The van der Waals surface area contributed by atoms with Crippen LogP contribution >= 0.6 is 0 Å². The molecule has 24 heavy (non-hydrogen) atoms. The number of halogens is 1. The molecular weight excluding hydrogens is 309 g/mol. The molecule has 0 unspecified atom stereocenters. The van der Waals surface area contributed by atoms with Gasteiger partial charge in [-0.25, -0.2) is 9.18 Å². The number of nitrogens with one attached hydrogen (secondary N) is 1. The molecule has 0 saturated carbocycles. The number of hydrogen-bond donors (Lipinski definition) is 2. The molecule has 2 rings (SSSR count). The summed E-state index contributed by atoms with van der Waals surface area (Å²) in [6.45, 7) is 3.30. The van der Waals surface area contributed by atoms with E-state index in [0.29, 0.717) is 11.1 Å². The van der Waals surface area contributed by atoms with Crippen LogP contribution in [0.5, 0.6) is 0 Å². The number of aliphatic carboxylic acids is 1. The fraction of sp³-hybridized carbons (Fsp3) is 0.263. The zero-order valence-electron chi connectivity index (χ0n) is 13.6. The second-order valence-electron chi connectivity index (χ2n) is 5.63. The van der Waals surface area contributed by atoms with Crippen LogP contribution in [0.1, 0.15) is 31.7 Å². The second-order valence-corrected chi connectivity index (χ2v) is 5.63. The van der Waals surface area contributed by atoms with Crippen molar-refractivity contribution in [3.8, 4) is 11.1 Å². The van der Waals surface area contributed by atoms with Gasteiger partial charge in [0.25, 0.3) is 0 Å². The van der Waals surface area contributed by atoms with Crippen molar-refractivity contribution in [3.63, 3.8) is 0 Å². The molecule has 1 amide bonds. The van der Waals surface area contributed by atoms with Gasteiger partial charge in [-0.3, -0.25) is 4.79 Å². The Morgan fingerprint density at radius 3 is 2.38 bits per heavy atom. The van der Waals surface area contributed by atoms with Crippen LogP contribution in [-0.2, 0) is 9.59 Å². The lowest BCUT2D eigenvalue weighted by atomic mass is 9.96. The molecule has 4 nitrogen and oxygen atoms in total. The summed E-state index contributed by atoms with van der Waals surface area (Å²) in [6, 6.07) is 12.9. The summed E-state index contributed by atoms with van der Waals surface area (Å²) in [5.74, 6) is -2.57. The molecule has 5 heteroatoms. The third kappa shape index (κ3) is 3.98. The molecule has 0 aliphatic rings. The summed E-state index contributed by atoms with van der Waals surface area (Å²) in [5, 5.41) is 11.5. The van der Waals surface area contributed by atoms with Crippen LogP contribution in [0.25, 0.3) is 11.1 Å². The van der Waals surface area contributed by atoms with Crippen molar-refractivity contribution in [2.45, 2.75) is 32.2 Å². The number of rotatable bonds is 6. The number of carboxylic acids is 1. The zero-order valence-corrected chi connectivity index (χ0v) is 13.6. The number of carbonyl (C=O) groups is 2. The van der Waals surface area contributed by atoms with Crippen molar-refractivity contribution in [1.82, 2.24) is 5.32 Å². The smallest absolute Gasteiger partial charge is 0.326 e. The van der Waals surface area contributed by atoms with Crippen LogP contribution in [0.2, 0.25) is 0 Å². The summed E-state index contributed by atoms with van der Waals surface area (Å²) < 4.78 is 14.4. The zero-order chi connectivity index (χ0) is 17.7. The van der Waals surface area contributed by atoms with Crippen LogP contribution in [0.15, 0.2) is 48.5 Å². The van der Waals surface area contributed by atoms with E-state index < -0.39 is 29.7 Å². The highest BCUT2D eigenvalue weighted by atomic mass is 19.1. The first-order valence-electron chi connectivity index (χ1n) is 7.82. The van der Waals surface area contributed by atoms with Crippen molar-refractivity contribution in [2.75, 3.05) is 0 Å². The van der Waals surface area contributed by atoms with Crippen LogP contribution in [-0.4, -0.2) is 23.0 Å². The third-order valence-corrected chi connectivity index (χ3v) is 3.99. The Hall–Kier alpha value is -2.69. The van der Waals surface area contributed by atoms with Gasteiger partial charge in [0.1, 0.15) is 11.9 Å². The van der Waals surface area contributed by atoms with Gasteiger partial charge in [-0.15, -0.1) is 0 Å². The Morgan fingerprint density at radius 1 is 1.17 bits per heavy atom. The molecule has 0 aromatic heterocycles. The predicted molar refractivity (Wildman–Crippen MR) is 90.1 cm³/mol. The first kappa shape index (κ1) is 17.7. The van der Waals surface area contributed by atoms with E-state index in [0.717, 1.165) is 5.56 Å². The molecular formula is C19H20FNO3. The minimum Gasteiger partial charge on any atom is -0.480 e. The van der Waals surface area contributed by atoms with E-state index in [9.17, 15) is 14.0 Å². The molecule has 0 heterocycles. The Kier molecular flexibility index (Phi) is 5.68. The molecule has 0 radical (unpaired) electrons. The van der Waals surface area contributed by atoms with Crippen LogP contribution in [0, 0.1) is 5.82 Å². The second kappa shape index (κ2) is 7.73. The standard InChI is InChI=1S/C19H20FNO3/c1-3-17(19(23)24)21-18(22)12(2)14-9-10-15(16(20)11-14)13-7-5-4-6-8-13/h4-12,17H,3H2,1-2H3,(H,21,22)(H,23,24)/t12-,17-/m1/s1. The molecule has 0 aliphatic carbocycles. The van der Waals surface area contributed by atoms with E-state index >= 15 is 0 Å². The Balaban J connectivity index is 2.19. The lowest BCUT2D eigenvalue weighted by Crippen LogP contribution is -2.42. The normalized spacial score (nSPS) is 13.1. The molecule has 2 aromatic carbocycles. The highest BCUT2D eigenvalue weighted by Crippen LogP contribution is 2.26. The number of benzene rings is 2. The molecule has 0 spiro atoms. The Bertz CT molecular complexity index is 731. The summed E-state index contributed by atoms with van der Waals surface area (Å²) in [4.78, 5) is 23.2. The fourth-order valence-electron chi connectivity index (χ4n) is 2.44. The molecule has 0 bridgehead atoms. The van der Waals surface area contributed by atoms with E-state index in [1.54, 1.807) is 26.0 Å². The van der Waals surface area contributed by atoms with Crippen LogP contribution in [0.3, 0.4) is 0 Å². The summed E-state index contributed by atoms with van der Waals surface area (Å²) >= 11 is 0. The molecule has 2 N–H and O–H groups in total. The maximum Gasteiger partial charge on any atom is 0.326 e. The number of carbonyl (C=O) groups excluding carboxylic acids is 1. The van der Waals surface area contributed by atoms with Gasteiger partial charge in [0.15, 0.2) is 0 Å². The lowest BCUT2D eigenvalue weighted by molar-refractivity contribution is -0.142. The number of carboxylic acid groups (broad SMARTS) is 1. The molecule has 0 aliphatic heterocycles. The summed E-state index contributed by atoms with van der Waals surface area (Å²) in [5.41, 5.74) is 1.73.